The second-order valence-electron chi connectivity index (χ2n) is 7.91. The Kier molecular flexibility index (Phi) is 7.26. The van der Waals surface area contributed by atoms with E-state index in [1.54, 1.807) is 6.20 Å². The summed E-state index contributed by atoms with van der Waals surface area (Å²) in [6, 6.07) is 10.0. The summed E-state index contributed by atoms with van der Waals surface area (Å²) < 4.78 is 7.39. The summed E-state index contributed by atoms with van der Waals surface area (Å²) in [4.78, 5) is 22.6. The lowest BCUT2D eigenvalue weighted by atomic mass is 9.73. The maximum absolute atomic E-state index is 13.4. The van der Waals surface area contributed by atoms with Crippen molar-refractivity contribution in [1.82, 2.24) is 25.1 Å². The molecule has 8 nitrogen and oxygen atoms in total. The van der Waals surface area contributed by atoms with Crippen LogP contribution in [0.5, 0.6) is 0 Å². The van der Waals surface area contributed by atoms with E-state index < -0.39 is 5.41 Å². The number of thioether (sulfide) groups is 1. The number of anilines is 1. The minimum absolute atomic E-state index is 0.0493. The van der Waals surface area contributed by atoms with E-state index in [-0.39, 0.29) is 5.91 Å². The van der Waals surface area contributed by atoms with Crippen LogP contribution in [0.1, 0.15) is 31.7 Å². The molecule has 1 aliphatic rings. The number of rotatable bonds is 9. The molecule has 0 spiro atoms. The zero-order valence-electron chi connectivity index (χ0n) is 18.6. The molecule has 0 radical (unpaired) electrons. The van der Waals surface area contributed by atoms with E-state index >= 15 is 0 Å². The van der Waals surface area contributed by atoms with Gasteiger partial charge in [-0.2, -0.15) is 5.10 Å². The van der Waals surface area contributed by atoms with Crippen LogP contribution in [-0.2, 0) is 21.5 Å². The molecule has 0 unspecified atom stereocenters. The maximum atomic E-state index is 13.4. The Morgan fingerprint density at radius 2 is 1.97 bits per heavy atom. The van der Waals surface area contributed by atoms with Crippen molar-refractivity contribution in [3.05, 3.63) is 42.1 Å². The van der Waals surface area contributed by atoms with Crippen LogP contribution in [0.2, 0.25) is 0 Å². The minimum atomic E-state index is -0.545. The molecule has 0 atom stereocenters. The third kappa shape index (κ3) is 4.59. The molecule has 2 N–H and O–H groups in total. The molecule has 4 rings (SSSR count). The van der Waals surface area contributed by atoms with Crippen molar-refractivity contribution in [2.75, 3.05) is 37.9 Å². The molecule has 0 saturated carbocycles. The molecule has 2 aromatic heterocycles. The smallest absolute Gasteiger partial charge is 0.230 e. The van der Waals surface area contributed by atoms with E-state index in [0.29, 0.717) is 44.3 Å². The number of amides is 1. The van der Waals surface area contributed by atoms with Crippen LogP contribution < -0.4 is 10.6 Å². The predicted octanol–water partition coefficient (Wildman–Crippen LogP) is 3.23. The monoisotopic (exact) mass is 454 g/mol. The highest BCUT2D eigenvalue weighted by Crippen LogP contribution is 2.35. The number of benzene rings is 1. The minimum Gasteiger partial charge on any atom is -0.381 e. The highest BCUT2D eigenvalue weighted by molar-refractivity contribution is 7.98. The fourth-order valence-electron chi connectivity index (χ4n) is 4.14. The third-order valence-corrected chi connectivity index (χ3v) is 6.47. The van der Waals surface area contributed by atoms with Gasteiger partial charge in [0.05, 0.1) is 23.5 Å². The summed E-state index contributed by atoms with van der Waals surface area (Å²) in [5, 5.41) is 12.6. The molecule has 1 fully saturated rings. The Labute approximate surface area is 192 Å². The first-order valence-electron chi connectivity index (χ1n) is 11.1. The Morgan fingerprint density at radius 3 is 2.69 bits per heavy atom. The van der Waals surface area contributed by atoms with Gasteiger partial charge in [-0.25, -0.2) is 14.6 Å². The van der Waals surface area contributed by atoms with Crippen molar-refractivity contribution >= 4 is 34.5 Å². The van der Waals surface area contributed by atoms with Crippen LogP contribution in [0.25, 0.3) is 11.0 Å². The molecular formula is C23H30N6O2S. The molecule has 3 heterocycles. The summed E-state index contributed by atoms with van der Waals surface area (Å²) in [7, 11) is 0. The lowest BCUT2D eigenvalue weighted by Gasteiger charge is -2.36. The quantitative estimate of drug-likeness (QED) is 0.379. The molecule has 0 aliphatic carbocycles. The number of carbonyl (C=O) groups excluding carboxylic acids is 1. The van der Waals surface area contributed by atoms with Crippen molar-refractivity contribution in [2.24, 2.45) is 0 Å². The van der Waals surface area contributed by atoms with Crippen LogP contribution in [-0.4, -0.2) is 58.2 Å². The largest absolute Gasteiger partial charge is 0.381 e. The Morgan fingerprint density at radius 1 is 1.19 bits per heavy atom. The van der Waals surface area contributed by atoms with Gasteiger partial charge < -0.3 is 15.4 Å². The molecule has 32 heavy (non-hydrogen) atoms. The average molecular weight is 455 g/mol. The number of fused-ring (bicyclic) bond motifs is 1. The molecule has 1 amide bonds. The van der Waals surface area contributed by atoms with Gasteiger partial charge in [-0.15, -0.1) is 0 Å². The number of nitrogens with one attached hydrogen (secondary N) is 2. The molecular weight excluding hydrogens is 424 g/mol. The SMILES string of the molecule is CCCNc1nc(SC)nc2c1cnn2CCNC(=O)C1(c2ccccc2)CCOCC1. The molecule has 9 heteroatoms. The molecule has 3 aromatic rings. The highest BCUT2D eigenvalue weighted by Gasteiger charge is 2.41. The Bertz CT molecular complexity index is 1050. The fourth-order valence-corrected chi connectivity index (χ4v) is 4.50. The van der Waals surface area contributed by atoms with Crippen molar-refractivity contribution in [3.63, 3.8) is 0 Å². The summed E-state index contributed by atoms with van der Waals surface area (Å²) in [6.45, 7) is 5.15. The maximum Gasteiger partial charge on any atom is 0.230 e. The topological polar surface area (TPSA) is 94.0 Å². The zero-order chi connectivity index (χ0) is 22.4. The van der Waals surface area contributed by atoms with E-state index in [9.17, 15) is 4.79 Å². The molecule has 1 saturated heterocycles. The lowest BCUT2D eigenvalue weighted by molar-refractivity contribution is -0.130. The van der Waals surface area contributed by atoms with Gasteiger partial charge in [0, 0.05) is 26.3 Å². The van der Waals surface area contributed by atoms with Crippen molar-refractivity contribution < 1.29 is 9.53 Å². The summed E-state index contributed by atoms with van der Waals surface area (Å²) in [6.07, 6.45) is 6.13. The van der Waals surface area contributed by atoms with Gasteiger partial charge in [0.15, 0.2) is 10.8 Å². The first kappa shape index (κ1) is 22.5. The van der Waals surface area contributed by atoms with Crippen LogP contribution >= 0.6 is 11.8 Å². The van der Waals surface area contributed by atoms with Gasteiger partial charge in [0.25, 0.3) is 0 Å². The van der Waals surface area contributed by atoms with E-state index in [4.69, 9.17) is 4.74 Å². The molecule has 1 aromatic carbocycles. The fraction of sp³-hybridized carbons (Fsp3) is 0.478. The van der Waals surface area contributed by atoms with Crippen molar-refractivity contribution in [1.29, 1.82) is 0 Å². The zero-order valence-corrected chi connectivity index (χ0v) is 19.5. The highest BCUT2D eigenvalue weighted by atomic mass is 32.2. The van der Waals surface area contributed by atoms with E-state index in [2.05, 4.69) is 32.6 Å². The second-order valence-corrected chi connectivity index (χ2v) is 8.68. The van der Waals surface area contributed by atoms with Gasteiger partial charge in [0.1, 0.15) is 5.82 Å². The summed E-state index contributed by atoms with van der Waals surface area (Å²) in [5.41, 5.74) is 1.28. The Balaban J connectivity index is 1.49. The first-order valence-corrected chi connectivity index (χ1v) is 12.3. The van der Waals surface area contributed by atoms with Gasteiger partial charge in [0.2, 0.25) is 5.91 Å². The lowest BCUT2D eigenvalue weighted by Crippen LogP contribution is -2.48. The predicted molar refractivity (Wildman–Crippen MR) is 127 cm³/mol. The average Bonchev–Trinajstić information content (AvgIpc) is 3.26. The first-order chi connectivity index (χ1) is 15.7. The molecule has 1 aliphatic heterocycles. The number of hydrogen-bond acceptors (Lipinski definition) is 7. The standard InChI is InChI=1S/C23H30N6O2S/c1-3-11-24-19-18-16-26-29(20(18)28-22(27-19)32-2)13-12-25-21(30)23(9-14-31-15-10-23)17-7-5-4-6-8-17/h4-8,16H,3,9-15H2,1-2H3,(H,25,30)(H,24,27,28). The van der Waals surface area contributed by atoms with Gasteiger partial charge in [-0.05, 0) is 31.1 Å². The Hall–Kier alpha value is -2.65. The molecule has 0 bridgehead atoms. The van der Waals surface area contributed by atoms with Crippen LogP contribution in [0.15, 0.2) is 41.7 Å². The van der Waals surface area contributed by atoms with Crippen LogP contribution in [0.3, 0.4) is 0 Å². The van der Waals surface area contributed by atoms with Crippen LogP contribution in [0, 0.1) is 0 Å². The number of nitrogens with zero attached hydrogens (tertiary/aromatic N) is 4. The molecule has 170 valence electrons. The summed E-state index contributed by atoms with van der Waals surface area (Å²) in [5.74, 6) is 0.856. The van der Waals surface area contributed by atoms with Crippen molar-refractivity contribution in [3.8, 4) is 0 Å². The van der Waals surface area contributed by atoms with Gasteiger partial charge in [-0.3, -0.25) is 4.79 Å². The second kappa shape index (κ2) is 10.3. The van der Waals surface area contributed by atoms with E-state index in [0.717, 1.165) is 35.4 Å². The van der Waals surface area contributed by atoms with E-state index in [1.807, 2.05) is 41.3 Å². The number of ether oxygens (including phenoxy) is 1. The number of carbonyl (C=O) groups is 1. The number of aromatic nitrogens is 4. The normalized spacial score (nSPS) is 15.6. The van der Waals surface area contributed by atoms with Gasteiger partial charge in [-0.1, -0.05) is 49.0 Å². The van der Waals surface area contributed by atoms with Crippen molar-refractivity contribution in [2.45, 2.75) is 43.3 Å². The third-order valence-electron chi connectivity index (χ3n) is 5.92. The summed E-state index contributed by atoms with van der Waals surface area (Å²) >= 11 is 1.50. The van der Waals surface area contributed by atoms with Gasteiger partial charge >= 0.3 is 0 Å². The van der Waals surface area contributed by atoms with Crippen LogP contribution in [0.4, 0.5) is 5.82 Å². The number of hydrogen-bond donors (Lipinski definition) is 2. The van der Waals surface area contributed by atoms with E-state index in [1.165, 1.54) is 11.8 Å².